The third kappa shape index (κ3) is 7.18. The Morgan fingerprint density at radius 2 is 1.83 bits per heavy atom. The molecule has 0 fully saturated rings. The van der Waals surface area contributed by atoms with Crippen LogP contribution in [0.5, 0.6) is 0 Å². The van der Waals surface area contributed by atoms with Crippen molar-refractivity contribution in [2.45, 2.75) is 26.3 Å². The summed E-state index contributed by atoms with van der Waals surface area (Å²) in [6.45, 7) is 3.28. The maximum atomic E-state index is 12.5. The molecule has 0 saturated carbocycles. The number of hydrogen-bond donors (Lipinski definition) is 2. The highest BCUT2D eigenvalue weighted by Gasteiger charge is 2.28. The van der Waals surface area contributed by atoms with Gasteiger partial charge in [0.2, 0.25) is 0 Å². The molecule has 0 aliphatic rings. The maximum absolute atomic E-state index is 12.5. The number of carbonyl (C=O) groups is 3. The Hall–Kier alpha value is -2.38. The molecule has 2 N–H and O–H groups in total. The molecule has 2 aromatic carbocycles. The molecule has 0 spiro atoms. The van der Waals surface area contributed by atoms with Gasteiger partial charge in [-0.3, -0.25) is 9.59 Å². The number of anilines is 1. The lowest BCUT2D eigenvalue weighted by molar-refractivity contribution is -0.150. The lowest BCUT2D eigenvalue weighted by Crippen LogP contribution is -2.46. The summed E-state index contributed by atoms with van der Waals surface area (Å²) in [5.41, 5.74) is 0.956. The molecule has 154 valence electrons. The highest BCUT2D eigenvalue weighted by Crippen LogP contribution is 2.16. The molecular weight excluding hydrogens is 460 g/mol. The van der Waals surface area contributed by atoms with Gasteiger partial charge in [-0.15, -0.1) is 0 Å². The van der Waals surface area contributed by atoms with Gasteiger partial charge in [0.25, 0.3) is 11.8 Å². The van der Waals surface area contributed by atoms with Crippen LogP contribution in [0.2, 0.25) is 5.02 Å². The fraction of sp³-hybridized carbons (Fsp3) is 0.286. The smallest absolute Gasteiger partial charge is 0.329 e. The first-order chi connectivity index (χ1) is 13.8. The van der Waals surface area contributed by atoms with Crippen LogP contribution in [0.25, 0.3) is 0 Å². The second kappa shape index (κ2) is 11.0. The van der Waals surface area contributed by atoms with E-state index in [-0.39, 0.29) is 5.92 Å². The van der Waals surface area contributed by atoms with Crippen LogP contribution < -0.4 is 10.6 Å². The Morgan fingerprint density at radius 3 is 2.45 bits per heavy atom. The van der Waals surface area contributed by atoms with Crippen molar-refractivity contribution in [1.82, 2.24) is 5.32 Å². The van der Waals surface area contributed by atoms with Gasteiger partial charge in [0.15, 0.2) is 6.61 Å². The minimum atomic E-state index is -0.873. The van der Waals surface area contributed by atoms with E-state index in [1.54, 1.807) is 42.5 Å². The molecule has 0 aliphatic carbocycles. The summed E-state index contributed by atoms with van der Waals surface area (Å²) < 4.78 is 5.96. The van der Waals surface area contributed by atoms with Crippen molar-refractivity contribution in [2.75, 3.05) is 11.9 Å². The monoisotopic (exact) mass is 480 g/mol. The van der Waals surface area contributed by atoms with Gasteiger partial charge >= 0.3 is 5.97 Å². The molecule has 0 radical (unpaired) electrons. The van der Waals surface area contributed by atoms with Gasteiger partial charge in [0.05, 0.1) is 0 Å². The Morgan fingerprint density at radius 1 is 1.14 bits per heavy atom. The van der Waals surface area contributed by atoms with Crippen molar-refractivity contribution in [1.29, 1.82) is 0 Å². The second-order valence-corrected chi connectivity index (χ2v) is 7.86. The van der Waals surface area contributed by atoms with Gasteiger partial charge in [-0.2, -0.15) is 0 Å². The summed E-state index contributed by atoms with van der Waals surface area (Å²) in [5, 5.41) is 5.85. The second-order valence-electron chi connectivity index (χ2n) is 6.51. The topological polar surface area (TPSA) is 84.5 Å². The fourth-order valence-electron chi connectivity index (χ4n) is 2.48. The number of esters is 1. The lowest BCUT2D eigenvalue weighted by atomic mass is 9.99. The third-order valence-electron chi connectivity index (χ3n) is 4.31. The van der Waals surface area contributed by atoms with Crippen molar-refractivity contribution >= 4 is 51.0 Å². The zero-order chi connectivity index (χ0) is 21.4. The van der Waals surface area contributed by atoms with Crippen LogP contribution in [0, 0.1) is 5.92 Å². The minimum absolute atomic E-state index is 0.174. The molecule has 0 saturated heterocycles. The summed E-state index contributed by atoms with van der Waals surface area (Å²) in [6.07, 6.45) is 0.644. The molecule has 0 aliphatic heterocycles. The number of benzene rings is 2. The number of ether oxygens (including phenoxy) is 1. The summed E-state index contributed by atoms with van der Waals surface area (Å²) in [7, 11) is 0. The van der Waals surface area contributed by atoms with Crippen LogP contribution in [0.4, 0.5) is 5.69 Å². The summed E-state index contributed by atoms with van der Waals surface area (Å²) in [4.78, 5) is 37.0. The molecule has 29 heavy (non-hydrogen) atoms. The Labute approximate surface area is 183 Å². The van der Waals surface area contributed by atoms with Gasteiger partial charge in [0.1, 0.15) is 6.04 Å². The molecule has 6 nitrogen and oxygen atoms in total. The number of amides is 2. The third-order valence-corrected chi connectivity index (χ3v) is 5.06. The molecule has 2 rings (SSSR count). The zero-order valence-corrected chi connectivity index (χ0v) is 18.4. The molecule has 0 unspecified atom stereocenters. The van der Waals surface area contributed by atoms with Crippen LogP contribution in [0.15, 0.2) is 53.0 Å². The van der Waals surface area contributed by atoms with E-state index in [0.29, 0.717) is 22.7 Å². The highest BCUT2D eigenvalue weighted by molar-refractivity contribution is 9.10. The standard InChI is InChI=1S/C21H22BrClN2O4/c1-3-13(2)19(25-20(27)14-7-9-16(23)10-8-14)21(28)29-12-18(26)24-17-6-4-5-15(22)11-17/h4-11,13,19H,3,12H2,1-2H3,(H,24,26)(H,25,27)/t13-,19+/m0/s1. The normalized spacial score (nSPS) is 12.6. The van der Waals surface area contributed by atoms with Gasteiger partial charge < -0.3 is 15.4 Å². The van der Waals surface area contributed by atoms with Gasteiger partial charge in [-0.1, -0.05) is 53.9 Å². The van der Waals surface area contributed by atoms with Crippen LogP contribution in [-0.4, -0.2) is 30.4 Å². The number of hydrogen-bond acceptors (Lipinski definition) is 4. The van der Waals surface area contributed by atoms with E-state index in [0.717, 1.165) is 4.47 Å². The first-order valence-electron chi connectivity index (χ1n) is 9.08. The van der Waals surface area contributed by atoms with E-state index < -0.39 is 30.4 Å². The van der Waals surface area contributed by atoms with Crippen LogP contribution in [0.3, 0.4) is 0 Å². The molecule has 8 heteroatoms. The van der Waals surface area contributed by atoms with E-state index in [1.807, 2.05) is 19.9 Å². The first kappa shape index (κ1) is 22.9. The largest absolute Gasteiger partial charge is 0.454 e. The summed E-state index contributed by atoms with van der Waals surface area (Å²) >= 11 is 9.16. The van der Waals surface area contributed by atoms with E-state index in [2.05, 4.69) is 26.6 Å². The fourth-order valence-corrected chi connectivity index (χ4v) is 3.01. The molecule has 0 aromatic heterocycles. The average molecular weight is 482 g/mol. The van der Waals surface area contributed by atoms with Gasteiger partial charge in [-0.05, 0) is 48.4 Å². The maximum Gasteiger partial charge on any atom is 0.329 e. The minimum Gasteiger partial charge on any atom is -0.454 e. The SMILES string of the molecule is CC[C@H](C)[C@@H](NC(=O)c1ccc(Cl)cc1)C(=O)OCC(=O)Nc1cccc(Br)c1. The van der Waals surface area contributed by atoms with Crippen molar-refractivity contribution < 1.29 is 19.1 Å². The lowest BCUT2D eigenvalue weighted by Gasteiger charge is -2.22. The van der Waals surface area contributed by atoms with Crippen molar-refractivity contribution in [3.63, 3.8) is 0 Å². The van der Waals surface area contributed by atoms with E-state index in [1.165, 1.54) is 0 Å². The van der Waals surface area contributed by atoms with Gasteiger partial charge in [-0.25, -0.2) is 4.79 Å². The number of carbonyl (C=O) groups excluding carboxylic acids is 3. The van der Waals surface area contributed by atoms with E-state index in [4.69, 9.17) is 16.3 Å². The molecule has 2 amide bonds. The molecule has 2 atom stereocenters. The van der Waals surface area contributed by atoms with Crippen LogP contribution >= 0.6 is 27.5 Å². The van der Waals surface area contributed by atoms with Crippen molar-refractivity contribution in [3.05, 3.63) is 63.6 Å². The van der Waals surface area contributed by atoms with Crippen LogP contribution in [-0.2, 0) is 14.3 Å². The van der Waals surface area contributed by atoms with E-state index in [9.17, 15) is 14.4 Å². The number of nitrogens with one attached hydrogen (secondary N) is 2. The molecule has 0 bridgehead atoms. The summed E-state index contributed by atoms with van der Waals surface area (Å²) in [5.74, 6) is -1.72. The van der Waals surface area contributed by atoms with Gasteiger partial charge in [0, 0.05) is 20.7 Å². The Bertz CT molecular complexity index is 873. The Balaban J connectivity index is 1.96. The molecule has 0 heterocycles. The van der Waals surface area contributed by atoms with E-state index >= 15 is 0 Å². The average Bonchev–Trinajstić information content (AvgIpc) is 2.70. The van der Waals surface area contributed by atoms with Crippen molar-refractivity contribution in [3.8, 4) is 0 Å². The predicted molar refractivity (Wildman–Crippen MR) is 116 cm³/mol. The Kier molecular flexibility index (Phi) is 8.67. The van der Waals surface area contributed by atoms with Crippen molar-refractivity contribution in [2.24, 2.45) is 5.92 Å². The molecular formula is C21H22BrClN2O4. The highest BCUT2D eigenvalue weighted by atomic mass is 79.9. The quantitative estimate of drug-likeness (QED) is 0.546. The zero-order valence-electron chi connectivity index (χ0n) is 16.1. The summed E-state index contributed by atoms with van der Waals surface area (Å²) in [6, 6.07) is 12.5. The number of halogens is 2. The predicted octanol–water partition coefficient (Wildman–Crippen LogP) is 4.43. The number of rotatable bonds is 8. The molecule has 2 aromatic rings. The first-order valence-corrected chi connectivity index (χ1v) is 10.3. The van der Waals surface area contributed by atoms with Crippen LogP contribution in [0.1, 0.15) is 30.6 Å².